The SMILES string of the molecule is Cc1cccc(Cn2c(C)c(/C=N\NC(=O)[C@H](Cc3ccccc3)NC(=O)COc3c(C)cccc3C)c3ccccc32)c1. The molecule has 0 unspecified atom stereocenters. The highest BCUT2D eigenvalue weighted by molar-refractivity contribution is 6.01. The largest absolute Gasteiger partial charge is 0.483 e. The zero-order valence-corrected chi connectivity index (χ0v) is 25.6. The van der Waals surface area contributed by atoms with Crippen LogP contribution >= 0.6 is 0 Å². The Hall–Kier alpha value is -5.17. The number of aromatic nitrogens is 1. The van der Waals surface area contributed by atoms with Gasteiger partial charge in [0.25, 0.3) is 11.8 Å². The number of carbonyl (C=O) groups is 2. The van der Waals surface area contributed by atoms with E-state index >= 15 is 0 Å². The first-order chi connectivity index (χ1) is 21.3. The molecule has 2 N–H and O–H groups in total. The number of hydrogen-bond donors (Lipinski definition) is 2. The predicted octanol–water partition coefficient (Wildman–Crippen LogP) is 6.18. The number of hydrogen-bond acceptors (Lipinski definition) is 4. The summed E-state index contributed by atoms with van der Waals surface area (Å²) in [7, 11) is 0. The van der Waals surface area contributed by atoms with E-state index in [2.05, 4.69) is 70.7 Å². The van der Waals surface area contributed by atoms with E-state index in [1.807, 2.05) is 74.5 Å². The Morgan fingerprint density at radius 3 is 2.27 bits per heavy atom. The molecule has 1 aromatic heterocycles. The van der Waals surface area contributed by atoms with Crippen LogP contribution in [0.4, 0.5) is 0 Å². The maximum absolute atomic E-state index is 13.4. The van der Waals surface area contributed by atoms with Gasteiger partial charge in [0.2, 0.25) is 0 Å². The van der Waals surface area contributed by atoms with E-state index < -0.39 is 11.9 Å². The second-order valence-electron chi connectivity index (χ2n) is 11.1. The lowest BCUT2D eigenvalue weighted by molar-refractivity contribution is -0.130. The number of fused-ring (bicyclic) bond motifs is 1. The molecule has 1 heterocycles. The quantitative estimate of drug-likeness (QED) is 0.143. The van der Waals surface area contributed by atoms with E-state index in [-0.39, 0.29) is 12.5 Å². The molecule has 1 atom stereocenters. The number of carbonyl (C=O) groups excluding carboxylic acids is 2. The number of nitrogens with one attached hydrogen (secondary N) is 2. The highest BCUT2D eigenvalue weighted by Gasteiger charge is 2.22. The Bertz CT molecular complexity index is 1790. The van der Waals surface area contributed by atoms with Crippen LogP contribution in [0.25, 0.3) is 10.9 Å². The first-order valence-electron chi connectivity index (χ1n) is 14.8. The highest BCUT2D eigenvalue weighted by Crippen LogP contribution is 2.26. The number of para-hydroxylation sites is 2. The highest BCUT2D eigenvalue weighted by atomic mass is 16.5. The van der Waals surface area contributed by atoms with Crippen LogP contribution in [0.1, 0.15) is 39.1 Å². The lowest BCUT2D eigenvalue weighted by Crippen LogP contribution is -2.48. The molecule has 0 bridgehead atoms. The summed E-state index contributed by atoms with van der Waals surface area (Å²) < 4.78 is 8.09. The molecular formula is C37H38N4O3. The molecule has 0 saturated heterocycles. The summed E-state index contributed by atoms with van der Waals surface area (Å²) in [5.74, 6) is -0.123. The van der Waals surface area contributed by atoms with Crippen molar-refractivity contribution in [2.24, 2.45) is 5.10 Å². The molecule has 44 heavy (non-hydrogen) atoms. The standard InChI is InChI=1S/C37H38N4O3/c1-25-12-10-17-30(20-25)23-41-28(4)32(31-18-8-9-19-34(31)41)22-38-40-37(43)33(21-29-15-6-5-7-16-29)39-35(42)24-44-36-26(2)13-11-14-27(36)3/h5-20,22,33H,21,23-24H2,1-4H3,(H,39,42)(H,40,43)/b38-22-/t33-/m0/s1. The zero-order chi connectivity index (χ0) is 31.1. The van der Waals surface area contributed by atoms with Crippen LogP contribution in [-0.4, -0.2) is 35.2 Å². The molecule has 0 aliphatic carbocycles. The van der Waals surface area contributed by atoms with E-state index in [1.54, 1.807) is 6.21 Å². The molecule has 5 aromatic rings. The fraction of sp³-hybridized carbons (Fsp3) is 0.216. The molecule has 7 heteroatoms. The molecule has 5 rings (SSSR count). The van der Waals surface area contributed by atoms with Crippen LogP contribution in [0.5, 0.6) is 5.75 Å². The fourth-order valence-corrected chi connectivity index (χ4v) is 5.52. The van der Waals surface area contributed by atoms with E-state index in [9.17, 15) is 9.59 Å². The third-order valence-corrected chi connectivity index (χ3v) is 7.76. The van der Waals surface area contributed by atoms with Gasteiger partial charge in [-0.3, -0.25) is 9.59 Å². The molecule has 0 aliphatic rings. The number of aryl methyl sites for hydroxylation is 3. The average Bonchev–Trinajstić information content (AvgIpc) is 3.27. The Morgan fingerprint density at radius 2 is 1.52 bits per heavy atom. The van der Waals surface area contributed by atoms with E-state index in [1.165, 1.54) is 11.1 Å². The summed E-state index contributed by atoms with van der Waals surface area (Å²) in [5.41, 5.74) is 11.0. The van der Waals surface area contributed by atoms with Gasteiger partial charge in [-0.15, -0.1) is 0 Å². The van der Waals surface area contributed by atoms with Gasteiger partial charge in [0.15, 0.2) is 6.61 Å². The monoisotopic (exact) mass is 586 g/mol. The van der Waals surface area contributed by atoms with Crippen LogP contribution in [0, 0.1) is 27.7 Å². The number of ether oxygens (including phenoxy) is 1. The Balaban J connectivity index is 1.32. The van der Waals surface area contributed by atoms with Gasteiger partial charge < -0.3 is 14.6 Å². The van der Waals surface area contributed by atoms with Crippen LogP contribution in [0.3, 0.4) is 0 Å². The second kappa shape index (κ2) is 13.9. The van der Waals surface area contributed by atoms with Gasteiger partial charge in [0, 0.05) is 35.1 Å². The number of hydrazone groups is 1. The first-order valence-corrected chi connectivity index (χ1v) is 14.8. The minimum atomic E-state index is -0.840. The van der Waals surface area contributed by atoms with Gasteiger partial charge in [-0.2, -0.15) is 5.10 Å². The van der Waals surface area contributed by atoms with Crippen molar-refractivity contribution in [2.75, 3.05) is 6.61 Å². The maximum Gasteiger partial charge on any atom is 0.262 e. The lowest BCUT2D eigenvalue weighted by atomic mass is 10.1. The van der Waals surface area contributed by atoms with E-state index in [0.29, 0.717) is 12.2 Å². The Labute approximate surface area is 258 Å². The van der Waals surface area contributed by atoms with Crippen molar-refractivity contribution in [3.05, 3.63) is 136 Å². The predicted molar refractivity (Wildman–Crippen MR) is 176 cm³/mol. The molecule has 4 aromatic carbocycles. The number of nitrogens with zero attached hydrogens (tertiary/aromatic N) is 2. The molecule has 0 radical (unpaired) electrons. The Kier molecular flexibility index (Phi) is 9.55. The Morgan fingerprint density at radius 1 is 0.841 bits per heavy atom. The van der Waals surface area contributed by atoms with Crippen molar-refractivity contribution >= 4 is 28.9 Å². The van der Waals surface area contributed by atoms with E-state index in [4.69, 9.17) is 4.74 Å². The fourth-order valence-electron chi connectivity index (χ4n) is 5.52. The minimum absolute atomic E-state index is 0.201. The summed E-state index contributed by atoms with van der Waals surface area (Å²) in [6.45, 7) is 8.55. The summed E-state index contributed by atoms with van der Waals surface area (Å²) in [4.78, 5) is 26.3. The molecule has 0 saturated carbocycles. The minimum Gasteiger partial charge on any atom is -0.483 e. The molecule has 0 spiro atoms. The number of amides is 2. The molecule has 0 fully saturated rings. The molecular weight excluding hydrogens is 548 g/mol. The van der Waals surface area contributed by atoms with Crippen molar-refractivity contribution in [1.82, 2.24) is 15.3 Å². The van der Waals surface area contributed by atoms with Crippen LogP contribution < -0.4 is 15.5 Å². The summed E-state index contributed by atoms with van der Waals surface area (Å²) in [6, 6.07) is 31.2. The normalized spacial score (nSPS) is 11.9. The van der Waals surface area contributed by atoms with Gasteiger partial charge in [-0.05, 0) is 56.0 Å². The molecule has 0 aliphatic heterocycles. The smallest absolute Gasteiger partial charge is 0.262 e. The van der Waals surface area contributed by atoms with Gasteiger partial charge in [-0.25, -0.2) is 5.43 Å². The van der Waals surface area contributed by atoms with Gasteiger partial charge in [-0.1, -0.05) is 96.6 Å². The number of rotatable bonds is 11. The van der Waals surface area contributed by atoms with Crippen molar-refractivity contribution in [3.8, 4) is 5.75 Å². The van der Waals surface area contributed by atoms with Crippen molar-refractivity contribution in [2.45, 2.75) is 46.7 Å². The molecule has 2 amide bonds. The summed E-state index contributed by atoms with van der Waals surface area (Å²) in [5, 5.41) is 8.25. The van der Waals surface area contributed by atoms with Gasteiger partial charge in [0.05, 0.1) is 6.21 Å². The van der Waals surface area contributed by atoms with E-state index in [0.717, 1.165) is 45.4 Å². The first kappa shape index (κ1) is 30.3. The lowest BCUT2D eigenvalue weighted by Gasteiger charge is -2.18. The van der Waals surface area contributed by atoms with Gasteiger partial charge >= 0.3 is 0 Å². The topological polar surface area (TPSA) is 84.7 Å². The van der Waals surface area contributed by atoms with Crippen LogP contribution in [-0.2, 0) is 22.6 Å². The van der Waals surface area contributed by atoms with Gasteiger partial charge in [0.1, 0.15) is 11.8 Å². The van der Waals surface area contributed by atoms with Crippen LogP contribution in [0.15, 0.2) is 102 Å². The van der Waals surface area contributed by atoms with Crippen molar-refractivity contribution in [1.29, 1.82) is 0 Å². The number of benzene rings is 4. The second-order valence-corrected chi connectivity index (χ2v) is 11.1. The third-order valence-electron chi connectivity index (χ3n) is 7.76. The molecule has 224 valence electrons. The zero-order valence-electron chi connectivity index (χ0n) is 25.6. The third kappa shape index (κ3) is 7.24. The average molecular weight is 587 g/mol. The van der Waals surface area contributed by atoms with Crippen LogP contribution in [0.2, 0.25) is 0 Å². The summed E-state index contributed by atoms with van der Waals surface area (Å²) >= 11 is 0. The summed E-state index contributed by atoms with van der Waals surface area (Å²) in [6.07, 6.45) is 2.00. The maximum atomic E-state index is 13.4. The van der Waals surface area contributed by atoms with Crippen molar-refractivity contribution in [3.63, 3.8) is 0 Å². The molecule has 7 nitrogen and oxygen atoms in total. The van der Waals surface area contributed by atoms with Crippen molar-refractivity contribution < 1.29 is 14.3 Å².